The standard InChI is InChI=1S/C33H40F3N5O5S/c1-4-7-20-10-11-23(24(16-20)21-8-6-9-22(17-21)47(3,44)45)29(33(34,35)36)46-28-18-27(39-31(37)40-28)41-14-12-32(13-15-41)19-25(30(42)43)38-26(32)5-2/h6,8-11,16-18,25-26,29,38H,4-5,7,12-15,19H2,1-3H3,(H,42,43)(H2,37,39,40)/t25?,26?,29-/m1/s1. The molecule has 47 heavy (non-hydrogen) atoms. The van der Waals surface area contributed by atoms with Gasteiger partial charge in [-0.1, -0.05) is 50.6 Å². The minimum absolute atomic E-state index is 0.0139. The van der Waals surface area contributed by atoms with E-state index in [0.29, 0.717) is 50.2 Å². The number of hydrogen-bond acceptors (Lipinski definition) is 9. The molecule has 0 saturated carbocycles. The molecule has 10 nitrogen and oxygen atoms in total. The lowest BCUT2D eigenvalue weighted by Gasteiger charge is -2.43. The molecule has 2 saturated heterocycles. The van der Waals surface area contributed by atoms with Crippen molar-refractivity contribution in [3.63, 3.8) is 0 Å². The largest absolute Gasteiger partial charge is 0.480 e. The minimum atomic E-state index is -4.88. The number of aromatic nitrogens is 2. The molecule has 5 rings (SSSR count). The molecule has 14 heteroatoms. The summed E-state index contributed by atoms with van der Waals surface area (Å²) in [7, 11) is -3.62. The third-order valence-corrected chi connectivity index (χ3v) is 10.4. The van der Waals surface area contributed by atoms with Crippen LogP contribution in [0.25, 0.3) is 11.1 Å². The summed E-state index contributed by atoms with van der Waals surface area (Å²) in [5.74, 6) is -1.17. The van der Waals surface area contributed by atoms with Crippen LogP contribution in [-0.4, -0.2) is 67.1 Å². The fourth-order valence-electron chi connectivity index (χ4n) is 6.97. The van der Waals surface area contributed by atoms with Crippen LogP contribution in [0.1, 0.15) is 63.2 Å². The van der Waals surface area contributed by atoms with E-state index in [-0.39, 0.29) is 39.3 Å². The highest BCUT2D eigenvalue weighted by molar-refractivity contribution is 7.90. The number of piperidine rings is 1. The predicted octanol–water partition coefficient (Wildman–Crippen LogP) is 5.58. The van der Waals surface area contributed by atoms with Crippen molar-refractivity contribution in [1.29, 1.82) is 0 Å². The number of nitrogen functional groups attached to an aromatic ring is 1. The fourth-order valence-corrected chi connectivity index (χ4v) is 7.64. The Labute approximate surface area is 272 Å². The molecule has 2 aromatic carbocycles. The molecular formula is C33H40F3N5O5S. The zero-order valence-corrected chi connectivity index (χ0v) is 27.4. The number of benzene rings is 2. The molecule has 254 valence electrons. The van der Waals surface area contributed by atoms with Crippen LogP contribution in [-0.2, 0) is 21.1 Å². The van der Waals surface area contributed by atoms with Gasteiger partial charge in [0.25, 0.3) is 0 Å². The van der Waals surface area contributed by atoms with Gasteiger partial charge in [-0.05, 0) is 66.3 Å². The monoisotopic (exact) mass is 675 g/mol. The lowest BCUT2D eigenvalue weighted by atomic mass is 9.71. The number of aliphatic carboxylic acids is 1. The summed E-state index contributed by atoms with van der Waals surface area (Å²) < 4.78 is 74.7. The number of anilines is 2. The van der Waals surface area contributed by atoms with Crippen molar-refractivity contribution in [3.8, 4) is 17.0 Å². The summed E-state index contributed by atoms with van der Waals surface area (Å²) in [5, 5.41) is 12.8. The lowest BCUT2D eigenvalue weighted by molar-refractivity contribution is -0.198. The van der Waals surface area contributed by atoms with Crippen molar-refractivity contribution in [1.82, 2.24) is 15.3 Å². The number of halogens is 3. The Bertz CT molecular complexity index is 1730. The zero-order chi connectivity index (χ0) is 34.1. The molecule has 3 atom stereocenters. The molecule has 2 aliphatic heterocycles. The third kappa shape index (κ3) is 7.48. The number of ether oxygens (including phenoxy) is 1. The van der Waals surface area contributed by atoms with Gasteiger partial charge in [0.1, 0.15) is 11.9 Å². The number of nitrogens with one attached hydrogen (secondary N) is 1. The minimum Gasteiger partial charge on any atom is -0.480 e. The van der Waals surface area contributed by atoms with E-state index in [2.05, 4.69) is 15.3 Å². The van der Waals surface area contributed by atoms with Crippen LogP contribution in [0.2, 0.25) is 0 Å². The molecule has 2 unspecified atom stereocenters. The molecule has 3 heterocycles. The summed E-state index contributed by atoms with van der Waals surface area (Å²) in [4.78, 5) is 21.9. The van der Waals surface area contributed by atoms with Crippen molar-refractivity contribution >= 4 is 27.6 Å². The Balaban J connectivity index is 1.46. The summed E-state index contributed by atoms with van der Waals surface area (Å²) in [6.07, 6.45) is -2.27. The van der Waals surface area contributed by atoms with Crippen LogP contribution < -0.4 is 20.7 Å². The number of rotatable bonds is 10. The molecule has 0 radical (unpaired) electrons. The molecule has 0 bridgehead atoms. The SMILES string of the molecule is CCCc1ccc([C@@H](Oc2cc(N3CCC4(CC3)CC(C(=O)O)NC4CC)nc(N)n2)C(F)(F)F)c(-c2cccc(S(C)(=O)=O)c2)c1. The number of carboxylic acids is 1. The number of carbonyl (C=O) groups is 1. The van der Waals surface area contributed by atoms with E-state index in [1.807, 2.05) is 18.7 Å². The molecule has 2 fully saturated rings. The van der Waals surface area contributed by atoms with Gasteiger partial charge in [-0.25, -0.2) is 8.42 Å². The van der Waals surface area contributed by atoms with Gasteiger partial charge < -0.3 is 25.8 Å². The van der Waals surface area contributed by atoms with Crippen LogP contribution >= 0.6 is 0 Å². The van der Waals surface area contributed by atoms with Crippen molar-refractivity contribution in [3.05, 3.63) is 59.7 Å². The number of hydrogen-bond donors (Lipinski definition) is 3. The van der Waals surface area contributed by atoms with Crippen molar-refractivity contribution < 1.29 is 36.2 Å². The van der Waals surface area contributed by atoms with E-state index in [4.69, 9.17) is 10.5 Å². The number of alkyl halides is 3. The van der Waals surface area contributed by atoms with Crippen LogP contribution in [0.4, 0.5) is 24.9 Å². The molecule has 0 amide bonds. The van der Waals surface area contributed by atoms with E-state index in [1.54, 1.807) is 18.2 Å². The van der Waals surface area contributed by atoms with Gasteiger partial charge in [-0.15, -0.1) is 0 Å². The normalized spacial score (nSPS) is 20.3. The molecule has 3 aromatic rings. The average molecular weight is 676 g/mol. The predicted molar refractivity (Wildman–Crippen MR) is 172 cm³/mol. The summed E-state index contributed by atoms with van der Waals surface area (Å²) >= 11 is 0. The second-order valence-corrected chi connectivity index (χ2v) is 14.5. The number of carboxylic acid groups (broad SMARTS) is 1. The zero-order valence-electron chi connectivity index (χ0n) is 26.5. The van der Waals surface area contributed by atoms with Crippen LogP contribution in [0.5, 0.6) is 5.88 Å². The summed E-state index contributed by atoms with van der Waals surface area (Å²) in [6, 6.07) is 11.2. The highest BCUT2D eigenvalue weighted by Crippen LogP contribution is 2.46. The average Bonchev–Trinajstić information content (AvgIpc) is 3.37. The lowest BCUT2D eigenvalue weighted by Crippen LogP contribution is -2.46. The van der Waals surface area contributed by atoms with Crippen molar-refractivity contribution in [2.75, 3.05) is 30.0 Å². The topological polar surface area (TPSA) is 148 Å². The van der Waals surface area contributed by atoms with Gasteiger partial charge >= 0.3 is 12.1 Å². The molecule has 2 aliphatic rings. The van der Waals surface area contributed by atoms with Crippen LogP contribution in [0, 0.1) is 5.41 Å². The van der Waals surface area contributed by atoms with Gasteiger partial charge in [0.15, 0.2) is 9.84 Å². The first kappa shape index (κ1) is 34.4. The van der Waals surface area contributed by atoms with Crippen LogP contribution in [0.3, 0.4) is 0 Å². The van der Waals surface area contributed by atoms with E-state index < -0.39 is 34.1 Å². The highest BCUT2D eigenvalue weighted by Gasteiger charge is 2.50. The van der Waals surface area contributed by atoms with E-state index in [0.717, 1.165) is 24.7 Å². The van der Waals surface area contributed by atoms with Gasteiger partial charge in [0, 0.05) is 37.0 Å². The second kappa shape index (κ2) is 13.3. The van der Waals surface area contributed by atoms with Crippen molar-refractivity contribution in [2.24, 2.45) is 5.41 Å². The molecule has 1 spiro atoms. The molecular weight excluding hydrogens is 635 g/mol. The van der Waals surface area contributed by atoms with E-state index >= 15 is 0 Å². The maximum absolute atomic E-state index is 14.8. The first-order valence-electron chi connectivity index (χ1n) is 15.7. The Morgan fingerprint density at radius 2 is 1.87 bits per heavy atom. The van der Waals surface area contributed by atoms with Gasteiger partial charge in [-0.3, -0.25) is 4.79 Å². The number of sulfone groups is 1. The Morgan fingerprint density at radius 1 is 1.15 bits per heavy atom. The van der Waals surface area contributed by atoms with Crippen molar-refractivity contribution in [2.45, 2.75) is 81.6 Å². The molecule has 0 aliphatic carbocycles. The molecule has 4 N–H and O–H groups in total. The Kier molecular flexibility index (Phi) is 9.74. The maximum atomic E-state index is 14.8. The first-order valence-corrected chi connectivity index (χ1v) is 17.6. The third-order valence-electron chi connectivity index (χ3n) is 9.30. The Morgan fingerprint density at radius 3 is 2.49 bits per heavy atom. The van der Waals surface area contributed by atoms with Gasteiger partial charge in [-0.2, -0.15) is 23.1 Å². The number of nitrogens with zero attached hydrogens (tertiary/aromatic N) is 3. The highest BCUT2D eigenvalue weighted by atomic mass is 32.2. The fraction of sp³-hybridized carbons (Fsp3) is 0.485. The van der Waals surface area contributed by atoms with Crippen LogP contribution in [0.15, 0.2) is 53.4 Å². The second-order valence-electron chi connectivity index (χ2n) is 12.5. The van der Waals surface area contributed by atoms with E-state index in [9.17, 15) is 31.5 Å². The Hall–Kier alpha value is -3.91. The number of aryl methyl sites for hydroxylation is 1. The van der Waals surface area contributed by atoms with Gasteiger partial charge in [0.2, 0.25) is 17.9 Å². The maximum Gasteiger partial charge on any atom is 0.429 e. The molecule has 1 aromatic heterocycles. The summed E-state index contributed by atoms with van der Waals surface area (Å²) in [5.41, 5.74) is 6.88. The van der Waals surface area contributed by atoms with E-state index in [1.165, 1.54) is 30.3 Å². The van der Waals surface area contributed by atoms with Gasteiger partial charge in [0.05, 0.1) is 4.90 Å². The summed E-state index contributed by atoms with van der Waals surface area (Å²) in [6.45, 7) is 4.98. The smallest absolute Gasteiger partial charge is 0.429 e. The number of nitrogens with two attached hydrogens (primary N) is 1. The quantitative estimate of drug-likeness (QED) is 0.249. The first-order chi connectivity index (χ1) is 22.1.